The molecule has 1 aliphatic rings. The molecule has 6 N–H and O–H groups in total. The van der Waals surface area contributed by atoms with E-state index in [9.17, 15) is 38.4 Å². The summed E-state index contributed by atoms with van der Waals surface area (Å²) < 4.78 is 0. The second kappa shape index (κ2) is 15.6. The van der Waals surface area contributed by atoms with Gasteiger partial charge in [0.2, 0.25) is 35.4 Å². The van der Waals surface area contributed by atoms with Crippen LogP contribution in [0.2, 0.25) is 0 Å². The van der Waals surface area contributed by atoms with E-state index < -0.39 is 91.8 Å². The molecule has 1 aliphatic heterocycles. The molecule has 0 radical (unpaired) electrons. The molecule has 0 spiro atoms. The number of hydrogen-bond acceptors (Lipinski definition) is 10. The summed E-state index contributed by atoms with van der Waals surface area (Å²) in [5.41, 5.74) is -11.2. The Morgan fingerprint density at radius 1 is 0.429 bits per heavy atom. The number of benzene rings is 1. The van der Waals surface area contributed by atoms with Crippen molar-refractivity contribution >= 4 is 47.3 Å². The average molecular weight is 788 g/mol. The molecule has 1 aromatic rings. The molecule has 17 heteroatoms. The number of carbonyl (C=O) groups excluding carboxylic acids is 8. The summed E-state index contributed by atoms with van der Waals surface area (Å²) in [5.74, 6) is -5.72. The lowest BCUT2D eigenvalue weighted by atomic mass is 9.94. The number of carbonyl (C=O) groups is 8. The second-order valence-electron chi connectivity index (χ2n) is 18.7. The Balaban J connectivity index is 2.07. The Morgan fingerprint density at radius 3 is 0.982 bits per heavy atom. The van der Waals surface area contributed by atoms with Gasteiger partial charge in [0.1, 0.15) is 33.2 Å². The van der Waals surface area contributed by atoms with Gasteiger partial charge < -0.3 is 31.9 Å². The van der Waals surface area contributed by atoms with Crippen LogP contribution in [0, 0.1) is 0 Å². The first-order valence-corrected chi connectivity index (χ1v) is 18.2. The van der Waals surface area contributed by atoms with Crippen LogP contribution in [0.15, 0.2) is 24.3 Å². The van der Waals surface area contributed by atoms with Crippen LogP contribution >= 0.6 is 0 Å². The maximum Gasteiger partial charge on any atom is 0.262 e. The topological polar surface area (TPSA) is 230 Å². The standard InChI is InChI=1S/C39H61N7O10/c1-32(2,3)55-56-39(16,17)45-30(53)37(12,13)43-28(51)35(8,9)41-26(49)33(4,5)40-27(50)34(6,7)42-29(52)36(10,11)44-31(54)38(14,15)46-24(47)22-20-18-19-21-23(22)25(46)48/h18-21H,1-17H3,(H,40,50)(H,41,49)(H,42,52)(H,43,51)(H,44,54)(H,45,53). The third-order valence-electron chi connectivity index (χ3n) is 8.79. The van der Waals surface area contributed by atoms with Crippen molar-refractivity contribution in [1.82, 2.24) is 36.8 Å². The first-order chi connectivity index (χ1) is 24.9. The van der Waals surface area contributed by atoms with Gasteiger partial charge in [-0.2, -0.15) is 0 Å². The Hall–Kier alpha value is -4.90. The van der Waals surface area contributed by atoms with E-state index in [0.29, 0.717) is 0 Å². The zero-order valence-electron chi connectivity index (χ0n) is 35.8. The van der Waals surface area contributed by atoms with E-state index in [1.54, 1.807) is 46.8 Å². The summed E-state index contributed by atoms with van der Waals surface area (Å²) in [7, 11) is 0. The zero-order valence-corrected chi connectivity index (χ0v) is 35.8. The van der Waals surface area contributed by atoms with E-state index in [0.717, 1.165) is 4.90 Å². The molecule has 0 aliphatic carbocycles. The second-order valence-corrected chi connectivity index (χ2v) is 18.7. The fourth-order valence-electron chi connectivity index (χ4n) is 4.96. The third kappa shape index (κ3) is 11.1. The number of hydrogen-bond donors (Lipinski definition) is 6. The molecular weight excluding hydrogens is 726 g/mol. The minimum Gasteiger partial charge on any atom is -0.340 e. The van der Waals surface area contributed by atoms with Crippen molar-refractivity contribution in [2.45, 2.75) is 162 Å². The Bertz CT molecular complexity index is 1750. The van der Waals surface area contributed by atoms with Gasteiger partial charge >= 0.3 is 0 Å². The average Bonchev–Trinajstić information content (AvgIpc) is 3.28. The van der Waals surface area contributed by atoms with Gasteiger partial charge in [-0.05, 0) is 130 Å². The summed E-state index contributed by atoms with van der Waals surface area (Å²) in [6.45, 7) is 25.4. The molecule has 0 aromatic heterocycles. The summed E-state index contributed by atoms with van der Waals surface area (Å²) in [6, 6.07) is 6.19. The van der Waals surface area contributed by atoms with Crippen LogP contribution in [0.1, 0.15) is 138 Å². The highest BCUT2D eigenvalue weighted by molar-refractivity contribution is 6.23. The highest BCUT2D eigenvalue weighted by Gasteiger charge is 2.50. The molecule has 2 rings (SSSR count). The predicted octanol–water partition coefficient (Wildman–Crippen LogP) is 2.13. The highest BCUT2D eigenvalue weighted by Crippen LogP contribution is 2.30. The van der Waals surface area contributed by atoms with Gasteiger partial charge in [-0.25, -0.2) is 9.78 Å². The van der Waals surface area contributed by atoms with Gasteiger partial charge in [-0.3, -0.25) is 43.3 Å². The Kier molecular flexibility index (Phi) is 13.1. The van der Waals surface area contributed by atoms with E-state index in [1.807, 2.05) is 0 Å². The number of nitrogens with one attached hydrogen (secondary N) is 6. The first-order valence-electron chi connectivity index (χ1n) is 18.2. The number of amides is 8. The molecule has 0 fully saturated rings. The van der Waals surface area contributed by atoms with Gasteiger partial charge in [-0.15, -0.1) is 0 Å². The monoisotopic (exact) mass is 787 g/mol. The lowest BCUT2D eigenvalue weighted by Crippen LogP contribution is -2.69. The number of nitrogens with zero attached hydrogens (tertiary/aromatic N) is 1. The van der Waals surface area contributed by atoms with Gasteiger partial charge in [-0.1, -0.05) is 12.1 Å². The van der Waals surface area contributed by atoms with Gasteiger partial charge in [0.25, 0.3) is 11.8 Å². The van der Waals surface area contributed by atoms with Gasteiger partial charge in [0.15, 0.2) is 5.72 Å². The third-order valence-corrected chi connectivity index (χ3v) is 8.79. The summed E-state index contributed by atoms with van der Waals surface area (Å²) in [6.07, 6.45) is 0. The molecule has 17 nitrogen and oxygen atoms in total. The predicted molar refractivity (Wildman–Crippen MR) is 206 cm³/mol. The van der Waals surface area contributed by atoms with E-state index in [1.165, 1.54) is 95.2 Å². The summed E-state index contributed by atoms with van der Waals surface area (Å²) in [4.78, 5) is 118. The van der Waals surface area contributed by atoms with E-state index in [2.05, 4.69) is 31.9 Å². The molecule has 0 atom stereocenters. The van der Waals surface area contributed by atoms with Crippen LogP contribution in [0.25, 0.3) is 0 Å². The van der Waals surface area contributed by atoms with Crippen LogP contribution < -0.4 is 31.9 Å². The van der Waals surface area contributed by atoms with Crippen molar-refractivity contribution in [3.8, 4) is 0 Å². The lowest BCUT2D eigenvalue weighted by Gasteiger charge is -2.38. The normalized spacial score (nSPS) is 14.4. The van der Waals surface area contributed by atoms with Crippen molar-refractivity contribution in [3.05, 3.63) is 35.4 Å². The van der Waals surface area contributed by atoms with Crippen LogP contribution in [-0.4, -0.2) is 96.7 Å². The molecule has 56 heavy (non-hydrogen) atoms. The lowest BCUT2D eigenvalue weighted by molar-refractivity contribution is -0.401. The number of rotatable bonds is 15. The van der Waals surface area contributed by atoms with E-state index in [4.69, 9.17) is 9.78 Å². The van der Waals surface area contributed by atoms with E-state index >= 15 is 0 Å². The Labute approximate surface area is 329 Å². The highest BCUT2D eigenvalue weighted by atomic mass is 17.2. The van der Waals surface area contributed by atoms with Crippen molar-refractivity contribution < 1.29 is 48.1 Å². The Morgan fingerprint density at radius 2 is 0.696 bits per heavy atom. The van der Waals surface area contributed by atoms with Crippen molar-refractivity contribution in [2.75, 3.05) is 0 Å². The van der Waals surface area contributed by atoms with Gasteiger partial charge in [0.05, 0.1) is 16.7 Å². The van der Waals surface area contributed by atoms with E-state index in [-0.39, 0.29) is 11.1 Å². The molecule has 0 unspecified atom stereocenters. The quantitative estimate of drug-likeness (QED) is 0.0657. The van der Waals surface area contributed by atoms with Crippen LogP contribution in [0.5, 0.6) is 0 Å². The molecule has 1 heterocycles. The smallest absolute Gasteiger partial charge is 0.262 e. The van der Waals surface area contributed by atoms with Crippen LogP contribution in [-0.2, 0) is 38.5 Å². The summed E-state index contributed by atoms with van der Waals surface area (Å²) in [5, 5.41) is 15.7. The molecule has 8 amide bonds. The minimum atomic E-state index is -1.70. The van der Waals surface area contributed by atoms with Gasteiger partial charge in [0, 0.05) is 0 Å². The largest absolute Gasteiger partial charge is 0.340 e. The van der Waals surface area contributed by atoms with Crippen molar-refractivity contribution in [1.29, 1.82) is 0 Å². The zero-order chi connectivity index (χ0) is 43.8. The molecular formula is C39H61N7O10. The molecule has 0 bridgehead atoms. The number of imide groups is 1. The first kappa shape index (κ1) is 47.3. The SMILES string of the molecule is CC(C)(C)OOC(C)(C)NC(=O)C(C)(C)NC(=O)C(C)(C)NC(=O)C(C)(C)NC(=O)C(C)(C)NC(=O)C(C)(C)NC(=O)C(C)(C)N1C(=O)c2ccccc2C1=O. The van der Waals surface area contributed by atoms with Crippen molar-refractivity contribution in [3.63, 3.8) is 0 Å². The number of fused-ring (bicyclic) bond motifs is 1. The fraction of sp³-hybridized carbons (Fsp3) is 0.641. The summed E-state index contributed by atoms with van der Waals surface area (Å²) >= 11 is 0. The van der Waals surface area contributed by atoms with Crippen LogP contribution in [0.4, 0.5) is 0 Å². The molecule has 312 valence electrons. The maximum atomic E-state index is 13.5. The molecule has 0 saturated heterocycles. The molecule has 1 aromatic carbocycles. The fourth-order valence-corrected chi connectivity index (χ4v) is 4.96. The maximum absolute atomic E-state index is 13.5. The molecule has 0 saturated carbocycles. The van der Waals surface area contributed by atoms with Crippen molar-refractivity contribution in [2.24, 2.45) is 0 Å². The minimum absolute atomic E-state index is 0.161. The van der Waals surface area contributed by atoms with Crippen LogP contribution in [0.3, 0.4) is 0 Å².